The SMILES string of the molecule is CNc1nc(-c2ccncc2C)nc(C2CC2)c1I. The first kappa shape index (κ1) is 12.8. The summed E-state index contributed by atoms with van der Waals surface area (Å²) in [7, 11) is 1.91. The highest BCUT2D eigenvalue weighted by Crippen LogP contribution is 2.42. The van der Waals surface area contributed by atoms with Gasteiger partial charge in [0.2, 0.25) is 0 Å². The van der Waals surface area contributed by atoms with Crippen LogP contribution in [0.25, 0.3) is 11.4 Å². The van der Waals surface area contributed by atoms with E-state index in [1.807, 2.05) is 26.2 Å². The Labute approximate surface area is 126 Å². The molecular formula is C14H15IN4. The highest BCUT2D eigenvalue weighted by molar-refractivity contribution is 14.1. The van der Waals surface area contributed by atoms with Crippen LogP contribution in [0.3, 0.4) is 0 Å². The molecule has 0 spiro atoms. The molecule has 0 amide bonds. The Hall–Kier alpha value is -1.24. The summed E-state index contributed by atoms with van der Waals surface area (Å²) in [6, 6.07) is 1.98. The fourth-order valence-electron chi connectivity index (χ4n) is 2.10. The monoisotopic (exact) mass is 366 g/mol. The number of rotatable bonds is 3. The quantitative estimate of drug-likeness (QED) is 0.847. The van der Waals surface area contributed by atoms with E-state index in [4.69, 9.17) is 4.98 Å². The van der Waals surface area contributed by atoms with Crippen molar-refractivity contribution >= 4 is 28.4 Å². The van der Waals surface area contributed by atoms with Crippen LogP contribution in [0.15, 0.2) is 18.5 Å². The van der Waals surface area contributed by atoms with Crippen molar-refractivity contribution < 1.29 is 0 Å². The lowest BCUT2D eigenvalue weighted by atomic mass is 10.1. The third-order valence-electron chi connectivity index (χ3n) is 3.34. The standard InChI is InChI=1S/C14H15IN4/c1-8-7-17-6-5-10(8)13-18-12(9-3-4-9)11(15)14(16-2)19-13/h5-7,9H,3-4H2,1-2H3,(H,16,18,19). The lowest BCUT2D eigenvalue weighted by Gasteiger charge is -2.11. The van der Waals surface area contributed by atoms with Crippen LogP contribution < -0.4 is 5.32 Å². The Balaban J connectivity index is 2.16. The normalized spacial score (nSPS) is 14.5. The predicted molar refractivity (Wildman–Crippen MR) is 84.2 cm³/mol. The van der Waals surface area contributed by atoms with Gasteiger partial charge < -0.3 is 5.32 Å². The molecule has 0 atom stereocenters. The minimum atomic E-state index is 0.614. The first-order valence-electron chi connectivity index (χ1n) is 6.37. The third kappa shape index (κ3) is 2.43. The average Bonchev–Trinajstić information content (AvgIpc) is 3.24. The van der Waals surface area contributed by atoms with Crippen LogP contribution in [0.1, 0.15) is 30.0 Å². The van der Waals surface area contributed by atoms with Crippen molar-refractivity contribution in [1.82, 2.24) is 15.0 Å². The van der Waals surface area contributed by atoms with Gasteiger partial charge in [0, 0.05) is 30.9 Å². The molecule has 1 fully saturated rings. The maximum absolute atomic E-state index is 4.79. The molecule has 0 saturated heterocycles. The van der Waals surface area contributed by atoms with Gasteiger partial charge in [-0.15, -0.1) is 0 Å². The maximum Gasteiger partial charge on any atom is 0.162 e. The van der Waals surface area contributed by atoms with Gasteiger partial charge in [-0.25, -0.2) is 9.97 Å². The zero-order valence-corrected chi connectivity index (χ0v) is 13.1. The molecule has 2 aromatic heterocycles. The van der Waals surface area contributed by atoms with E-state index < -0.39 is 0 Å². The number of pyridine rings is 1. The van der Waals surface area contributed by atoms with E-state index in [0.29, 0.717) is 5.92 Å². The number of hydrogen-bond acceptors (Lipinski definition) is 4. The van der Waals surface area contributed by atoms with Crippen molar-refractivity contribution in [3.05, 3.63) is 33.3 Å². The minimum absolute atomic E-state index is 0.614. The molecule has 0 bridgehead atoms. The Bertz CT molecular complexity index is 623. The summed E-state index contributed by atoms with van der Waals surface area (Å²) >= 11 is 2.34. The van der Waals surface area contributed by atoms with Gasteiger partial charge in [0.15, 0.2) is 5.82 Å². The molecule has 2 heterocycles. The van der Waals surface area contributed by atoms with Gasteiger partial charge in [0.05, 0.1) is 9.26 Å². The molecule has 98 valence electrons. The van der Waals surface area contributed by atoms with Crippen LogP contribution in [-0.4, -0.2) is 22.0 Å². The summed E-state index contributed by atoms with van der Waals surface area (Å²) in [5.41, 5.74) is 3.35. The van der Waals surface area contributed by atoms with E-state index in [-0.39, 0.29) is 0 Å². The molecule has 0 unspecified atom stereocenters. The zero-order chi connectivity index (χ0) is 13.4. The van der Waals surface area contributed by atoms with Gasteiger partial charge in [0.25, 0.3) is 0 Å². The lowest BCUT2D eigenvalue weighted by molar-refractivity contribution is 0.976. The van der Waals surface area contributed by atoms with E-state index in [9.17, 15) is 0 Å². The summed E-state index contributed by atoms with van der Waals surface area (Å²) in [5, 5.41) is 3.17. The Kier molecular flexibility index (Phi) is 3.38. The van der Waals surface area contributed by atoms with Crippen molar-refractivity contribution in [3.63, 3.8) is 0 Å². The summed E-state index contributed by atoms with van der Waals surface area (Å²) in [6.07, 6.45) is 6.13. The van der Waals surface area contributed by atoms with E-state index in [1.165, 1.54) is 18.5 Å². The summed E-state index contributed by atoms with van der Waals surface area (Å²) < 4.78 is 1.15. The minimum Gasteiger partial charge on any atom is -0.372 e. The van der Waals surface area contributed by atoms with Gasteiger partial charge >= 0.3 is 0 Å². The summed E-state index contributed by atoms with van der Waals surface area (Å²) in [4.78, 5) is 13.6. The molecule has 0 aliphatic heterocycles. The van der Waals surface area contributed by atoms with Gasteiger partial charge in [-0.2, -0.15) is 0 Å². The molecule has 3 rings (SSSR count). The number of aryl methyl sites for hydroxylation is 1. The number of nitrogens with one attached hydrogen (secondary N) is 1. The van der Waals surface area contributed by atoms with E-state index in [2.05, 4.69) is 37.9 Å². The third-order valence-corrected chi connectivity index (χ3v) is 4.40. The lowest BCUT2D eigenvalue weighted by Crippen LogP contribution is -2.05. The van der Waals surface area contributed by atoms with Gasteiger partial charge in [-0.05, 0) is 54.0 Å². The molecule has 0 aromatic carbocycles. The Morgan fingerprint density at radius 3 is 2.74 bits per heavy atom. The molecule has 1 aliphatic carbocycles. The second-order valence-corrected chi connectivity index (χ2v) is 5.89. The predicted octanol–water partition coefficient (Wildman–Crippen LogP) is 3.37. The number of anilines is 1. The van der Waals surface area contributed by atoms with Gasteiger partial charge in [-0.3, -0.25) is 4.98 Å². The van der Waals surface area contributed by atoms with Crippen LogP contribution in [0.2, 0.25) is 0 Å². The Morgan fingerprint density at radius 1 is 1.32 bits per heavy atom. The molecule has 4 nitrogen and oxygen atoms in total. The average molecular weight is 366 g/mol. The molecule has 5 heteroatoms. The van der Waals surface area contributed by atoms with Crippen LogP contribution in [0.4, 0.5) is 5.82 Å². The number of aromatic nitrogens is 3. The summed E-state index contributed by atoms with van der Waals surface area (Å²) in [6.45, 7) is 2.04. The Morgan fingerprint density at radius 2 is 2.11 bits per heavy atom. The first-order valence-corrected chi connectivity index (χ1v) is 7.44. The van der Waals surface area contributed by atoms with Crippen molar-refractivity contribution in [3.8, 4) is 11.4 Å². The van der Waals surface area contributed by atoms with Crippen LogP contribution in [-0.2, 0) is 0 Å². The second kappa shape index (κ2) is 5.03. The van der Waals surface area contributed by atoms with E-state index >= 15 is 0 Å². The number of nitrogens with zero attached hydrogens (tertiary/aromatic N) is 3. The largest absolute Gasteiger partial charge is 0.372 e. The highest BCUT2D eigenvalue weighted by Gasteiger charge is 2.29. The molecule has 0 radical (unpaired) electrons. The van der Waals surface area contributed by atoms with Crippen molar-refractivity contribution in [2.75, 3.05) is 12.4 Å². The molecular weight excluding hydrogens is 351 g/mol. The zero-order valence-electron chi connectivity index (χ0n) is 10.9. The first-order chi connectivity index (χ1) is 9.20. The second-order valence-electron chi connectivity index (χ2n) is 4.81. The number of halogens is 1. The van der Waals surface area contributed by atoms with Gasteiger partial charge in [-0.1, -0.05) is 0 Å². The molecule has 1 saturated carbocycles. The molecule has 1 aliphatic rings. The molecule has 1 N–H and O–H groups in total. The number of hydrogen-bond donors (Lipinski definition) is 1. The van der Waals surface area contributed by atoms with E-state index in [1.54, 1.807) is 6.20 Å². The van der Waals surface area contributed by atoms with Gasteiger partial charge in [0.1, 0.15) is 5.82 Å². The van der Waals surface area contributed by atoms with E-state index in [0.717, 1.165) is 26.3 Å². The molecule has 19 heavy (non-hydrogen) atoms. The highest BCUT2D eigenvalue weighted by atomic mass is 127. The maximum atomic E-state index is 4.79. The van der Waals surface area contributed by atoms with Crippen molar-refractivity contribution in [1.29, 1.82) is 0 Å². The van der Waals surface area contributed by atoms with Crippen LogP contribution in [0.5, 0.6) is 0 Å². The van der Waals surface area contributed by atoms with Crippen molar-refractivity contribution in [2.45, 2.75) is 25.7 Å². The fourth-order valence-corrected chi connectivity index (χ4v) is 3.05. The topological polar surface area (TPSA) is 50.7 Å². The molecule has 2 aromatic rings. The van der Waals surface area contributed by atoms with Crippen LogP contribution >= 0.6 is 22.6 Å². The smallest absolute Gasteiger partial charge is 0.162 e. The summed E-state index contributed by atoms with van der Waals surface area (Å²) in [5.74, 6) is 2.33. The fraction of sp³-hybridized carbons (Fsp3) is 0.357. The van der Waals surface area contributed by atoms with Crippen molar-refractivity contribution in [2.24, 2.45) is 0 Å². The van der Waals surface area contributed by atoms with Crippen LogP contribution in [0, 0.1) is 10.5 Å².